The monoisotopic (exact) mass is 534 g/mol. The van der Waals surface area contributed by atoms with E-state index in [2.05, 4.69) is 121 Å². The molecule has 0 amide bonds. The average molecular weight is 535 g/mol. The Balaban J connectivity index is 1.25. The van der Waals surface area contributed by atoms with E-state index in [0.717, 1.165) is 55.0 Å². The van der Waals surface area contributed by atoms with E-state index in [4.69, 9.17) is 8.83 Å². The van der Waals surface area contributed by atoms with Crippen LogP contribution in [0.3, 0.4) is 0 Å². The van der Waals surface area contributed by atoms with Gasteiger partial charge in [0.1, 0.15) is 22.3 Å². The summed E-state index contributed by atoms with van der Waals surface area (Å²) in [4.78, 5) is 0. The van der Waals surface area contributed by atoms with Gasteiger partial charge in [0.2, 0.25) is 0 Å². The minimum Gasteiger partial charge on any atom is -0.455 e. The van der Waals surface area contributed by atoms with E-state index in [1.807, 2.05) is 12.1 Å². The molecule has 7 aromatic carbocycles. The molecule has 2 heterocycles. The number of benzene rings is 7. The predicted molar refractivity (Wildman–Crippen MR) is 174 cm³/mol. The van der Waals surface area contributed by atoms with Crippen molar-refractivity contribution in [3.05, 3.63) is 133 Å². The van der Waals surface area contributed by atoms with Crippen molar-refractivity contribution in [3.8, 4) is 44.5 Å². The Morgan fingerprint density at radius 1 is 0.262 bits per heavy atom. The summed E-state index contributed by atoms with van der Waals surface area (Å²) in [5.74, 6) is 0. The summed E-state index contributed by atoms with van der Waals surface area (Å²) in [6, 6.07) is 47.5. The van der Waals surface area contributed by atoms with Crippen molar-refractivity contribution < 1.29 is 8.83 Å². The van der Waals surface area contributed by atoms with Gasteiger partial charge in [-0.05, 0) is 56.3 Å². The lowest BCUT2D eigenvalue weighted by Gasteiger charge is -2.11. The van der Waals surface area contributed by atoms with Crippen molar-refractivity contribution in [3.63, 3.8) is 0 Å². The summed E-state index contributed by atoms with van der Waals surface area (Å²) in [7, 11) is 0. The van der Waals surface area contributed by atoms with Crippen LogP contribution in [-0.4, -0.2) is 0 Å². The summed E-state index contributed by atoms with van der Waals surface area (Å²) < 4.78 is 13.1. The van der Waals surface area contributed by atoms with Crippen LogP contribution in [0.1, 0.15) is 0 Å². The van der Waals surface area contributed by atoms with Crippen LogP contribution in [0.2, 0.25) is 0 Å². The largest absolute Gasteiger partial charge is 0.455 e. The SMILES string of the molecule is c1ccc2c(c1)-c1cccc3c(-c4cccc5oc6c(-c7cccc8c7oc7ccccc78)cccc6c45)ccc-2c13. The second-order valence-corrected chi connectivity index (χ2v) is 11.2. The number of para-hydroxylation sites is 3. The zero-order valence-corrected chi connectivity index (χ0v) is 22.5. The molecule has 2 heteroatoms. The molecule has 2 nitrogen and oxygen atoms in total. The Labute approximate surface area is 241 Å². The molecule has 0 radical (unpaired) electrons. The topological polar surface area (TPSA) is 26.3 Å². The smallest absolute Gasteiger partial charge is 0.143 e. The molecule has 9 aromatic rings. The summed E-state index contributed by atoms with van der Waals surface area (Å²) >= 11 is 0. The maximum Gasteiger partial charge on any atom is 0.143 e. The van der Waals surface area contributed by atoms with E-state index in [9.17, 15) is 0 Å². The Kier molecular flexibility index (Phi) is 4.21. The van der Waals surface area contributed by atoms with Gasteiger partial charge >= 0.3 is 0 Å². The van der Waals surface area contributed by atoms with Crippen LogP contribution >= 0.6 is 0 Å². The Bertz CT molecular complexity index is 2550. The molecule has 0 saturated heterocycles. The van der Waals surface area contributed by atoms with Crippen LogP contribution in [0.15, 0.2) is 142 Å². The first-order valence-electron chi connectivity index (χ1n) is 14.4. The van der Waals surface area contributed by atoms with Crippen molar-refractivity contribution in [2.24, 2.45) is 0 Å². The van der Waals surface area contributed by atoms with Gasteiger partial charge in [-0.1, -0.05) is 121 Å². The van der Waals surface area contributed by atoms with Crippen molar-refractivity contribution in [1.29, 1.82) is 0 Å². The van der Waals surface area contributed by atoms with Gasteiger partial charge in [-0.25, -0.2) is 0 Å². The van der Waals surface area contributed by atoms with E-state index in [1.54, 1.807) is 0 Å². The summed E-state index contributed by atoms with van der Waals surface area (Å²) in [5.41, 5.74) is 13.3. The number of fused-ring (bicyclic) bond motifs is 9. The van der Waals surface area contributed by atoms with Gasteiger partial charge in [0, 0.05) is 32.7 Å². The molecule has 10 rings (SSSR count). The summed E-state index contributed by atoms with van der Waals surface area (Å²) in [6.07, 6.45) is 0. The third-order valence-corrected chi connectivity index (χ3v) is 9.06. The van der Waals surface area contributed by atoms with E-state index in [-0.39, 0.29) is 0 Å². The van der Waals surface area contributed by atoms with Gasteiger partial charge < -0.3 is 8.83 Å². The van der Waals surface area contributed by atoms with Crippen LogP contribution in [-0.2, 0) is 0 Å². The highest BCUT2D eigenvalue weighted by Gasteiger charge is 2.24. The van der Waals surface area contributed by atoms with Gasteiger partial charge in [-0.3, -0.25) is 0 Å². The Hall–Kier alpha value is -5.60. The molecule has 0 fully saturated rings. The third kappa shape index (κ3) is 2.78. The average Bonchev–Trinajstić information content (AvgIpc) is 3.72. The lowest BCUT2D eigenvalue weighted by atomic mass is 9.91. The van der Waals surface area contributed by atoms with Crippen molar-refractivity contribution >= 4 is 54.6 Å². The molecule has 0 unspecified atom stereocenters. The van der Waals surface area contributed by atoms with E-state index >= 15 is 0 Å². The molecule has 0 N–H and O–H groups in total. The first-order valence-corrected chi connectivity index (χ1v) is 14.4. The second kappa shape index (κ2) is 7.99. The maximum absolute atomic E-state index is 6.70. The maximum atomic E-state index is 6.70. The fraction of sp³-hybridized carbons (Fsp3) is 0. The Morgan fingerprint density at radius 2 is 0.738 bits per heavy atom. The van der Waals surface area contributed by atoms with Crippen LogP contribution in [0.5, 0.6) is 0 Å². The van der Waals surface area contributed by atoms with Crippen LogP contribution < -0.4 is 0 Å². The molecule has 0 saturated carbocycles. The van der Waals surface area contributed by atoms with Crippen molar-refractivity contribution in [2.75, 3.05) is 0 Å². The van der Waals surface area contributed by atoms with Gasteiger partial charge in [-0.15, -0.1) is 0 Å². The number of hydrogen-bond donors (Lipinski definition) is 0. The molecule has 1 aliphatic rings. The van der Waals surface area contributed by atoms with Gasteiger partial charge in [0.25, 0.3) is 0 Å². The van der Waals surface area contributed by atoms with E-state index < -0.39 is 0 Å². The molecule has 0 atom stereocenters. The lowest BCUT2D eigenvalue weighted by molar-refractivity contribution is 0.665. The predicted octanol–water partition coefficient (Wildman–Crippen LogP) is 11.6. The fourth-order valence-corrected chi connectivity index (χ4v) is 7.29. The van der Waals surface area contributed by atoms with Gasteiger partial charge in [0.05, 0.1) is 0 Å². The van der Waals surface area contributed by atoms with Crippen LogP contribution in [0.25, 0.3) is 99.2 Å². The summed E-state index contributed by atoms with van der Waals surface area (Å²) in [6.45, 7) is 0. The number of hydrogen-bond acceptors (Lipinski definition) is 2. The minimum absolute atomic E-state index is 0.881. The zero-order valence-electron chi connectivity index (χ0n) is 22.5. The van der Waals surface area contributed by atoms with Crippen molar-refractivity contribution in [2.45, 2.75) is 0 Å². The zero-order chi connectivity index (χ0) is 27.4. The molecular formula is C40H22O2. The summed E-state index contributed by atoms with van der Waals surface area (Å²) in [5, 5.41) is 7.10. The first-order chi connectivity index (χ1) is 20.8. The standard InChI is InChI=1S/C40H22O2/c1-2-10-24-23(9-1)27-12-5-13-28-25(21-22-30(24)37(27)28)29-14-8-20-36-38(29)34-18-7-17-33(40(34)42-36)32-16-6-15-31-26-11-3-4-19-35(26)41-39(31)32/h1-22H. The van der Waals surface area contributed by atoms with E-state index in [1.165, 1.54) is 44.2 Å². The molecule has 0 bridgehead atoms. The van der Waals surface area contributed by atoms with Crippen LogP contribution in [0, 0.1) is 0 Å². The van der Waals surface area contributed by atoms with Crippen LogP contribution in [0.4, 0.5) is 0 Å². The first kappa shape index (κ1) is 22.1. The highest BCUT2D eigenvalue weighted by Crippen LogP contribution is 2.50. The molecule has 1 aliphatic carbocycles. The number of furan rings is 2. The molecule has 42 heavy (non-hydrogen) atoms. The second-order valence-electron chi connectivity index (χ2n) is 11.2. The quantitative estimate of drug-likeness (QED) is 0.220. The minimum atomic E-state index is 0.881. The molecular weight excluding hydrogens is 512 g/mol. The highest BCUT2D eigenvalue weighted by atomic mass is 16.3. The molecule has 2 aromatic heterocycles. The molecule has 194 valence electrons. The van der Waals surface area contributed by atoms with E-state index in [0.29, 0.717) is 0 Å². The fourth-order valence-electron chi connectivity index (χ4n) is 7.29. The normalized spacial score (nSPS) is 12.3. The molecule has 0 spiro atoms. The highest BCUT2D eigenvalue weighted by molar-refractivity contribution is 6.23. The number of rotatable bonds is 2. The van der Waals surface area contributed by atoms with Crippen molar-refractivity contribution in [1.82, 2.24) is 0 Å². The lowest BCUT2D eigenvalue weighted by Crippen LogP contribution is -1.85. The third-order valence-electron chi connectivity index (χ3n) is 9.06. The van der Waals surface area contributed by atoms with Gasteiger partial charge in [-0.2, -0.15) is 0 Å². The Morgan fingerprint density at radius 3 is 1.55 bits per heavy atom. The molecule has 0 aliphatic heterocycles. The van der Waals surface area contributed by atoms with Gasteiger partial charge in [0.15, 0.2) is 0 Å².